The Labute approximate surface area is 189 Å². The Balaban J connectivity index is 1.53. The first kappa shape index (κ1) is 22.6. The van der Waals surface area contributed by atoms with Gasteiger partial charge in [-0.25, -0.2) is 4.98 Å². The van der Waals surface area contributed by atoms with Crippen molar-refractivity contribution in [3.63, 3.8) is 0 Å². The molecule has 1 heterocycles. The average Bonchev–Trinajstić information content (AvgIpc) is 3.54. The summed E-state index contributed by atoms with van der Waals surface area (Å²) in [6.45, 7) is -0.600. The van der Waals surface area contributed by atoms with Gasteiger partial charge in [0.25, 0.3) is 5.91 Å². The maximum atomic E-state index is 13.1. The number of nitrogens with one attached hydrogen (secondary N) is 1. The molecule has 0 saturated heterocycles. The highest BCUT2D eigenvalue weighted by atomic mass is 19.3. The van der Waals surface area contributed by atoms with Gasteiger partial charge in [0.15, 0.2) is 11.5 Å². The average molecular weight is 458 g/mol. The summed E-state index contributed by atoms with van der Waals surface area (Å²) in [5.41, 5.74) is 1.94. The molecule has 9 heteroatoms. The Morgan fingerprint density at radius 2 is 2.00 bits per heavy atom. The first-order valence-electron chi connectivity index (χ1n) is 10.6. The third kappa shape index (κ3) is 5.08. The number of alkyl halides is 2. The molecule has 1 saturated carbocycles. The molecule has 0 unspecified atom stereocenters. The number of carbonyl (C=O) groups is 1. The highest BCUT2D eigenvalue weighted by Crippen LogP contribution is 2.50. The van der Waals surface area contributed by atoms with E-state index < -0.39 is 6.61 Å². The Kier molecular flexibility index (Phi) is 6.76. The van der Waals surface area contributed by atoms with E-state index in [-0.39, 0.29) is 35.8 Å². The molecule has 0 atom stereocenters. The van der Waals surface area contributed by atoms with E-state index in [0.717, 1.165) is 12.8 Å². The van der Waals surface area contributed by atoms with Gasteiger partial charge >= 0.3 is 6.61 Å². The van der Waals surface area contributed by atoms with Crippen molar-refractivity contribution in [2.45, 2.75) is 38.8 Å². The summed E-state index contributed by atoms with van der Waals surface area (Å²) < 4.78 is 47.4. The topological polar surface area (TPSA) is 82.8 Å². The fourth-order valence-electron chi connectivity index (χ4n) is 3.59. The number of rotatable bonds is 10. The first-order chi connectivity index (χ1) is 16.0. The molecule has 0 aliphatic heterocycles. The number of aromatic nitrogens is 1. The van der Waals surface area contributed by atoms with E-state index in [9.17, 15) is 13.6 Å². The number of hydrogen-bond acceptors (Lipinski definition) is 6. The van der Waals surface area contributed by atoms with Gasteiger partial charge in [0.05, 0.1) is 37.1 Å². The minimum atomic E-state index is -2.98. The van der Waals surface area contributed by atoms with E-state index in [0.29, 0.717) is 34.7 Å². The van der Waals surface area contributed by atoms with Gasteiger partial charge in [-0.05, 0) is 43.9 Å². The summed E-state index contributed by atoms with van der Waals surface area (Å²) in [7, 11) is 1.38. The molecule has 0 spiro atoms. The highest BCUT2D eigenvalue weighted by Gasteiger charge is 2.31. The molecule has 2 aromatic carbocycles. The van der Waals surface area contributed by atoms with E-state index >= 15 is 0 Å². The fraction of sp³-hybridized carbons (Fsp3) is 0.333. The third-order valence-electron chi connectivity index (χ3n) is 5.21. The van der Waals surface area contributed by atoms with Crippen LogP contribution in [0.1, 0.15) is 47.3 Å². The molecule has 4 rings (SSSR count). The smallest absolute Gasteiger partial charge is 0.387 e. The zero-order chi connectivity index (χ0) is 23.4. The van der Waals surface area contributed by atoms with Crippen molar-refractivity contribution in [1.29, 1.82) is 0 Å². The molecule has 1 aromatic heterocycles. The number of para-hydroxylation sites is 1. The largest absolute Gasteiger partial charge is 0.493 e. The molecule has 1 N–H and O–H groups in total. The lowest BCUT2D eigenvalue weighted by atomic mass is 10.0. The third-order valence-corrected chi connectivity index (χ3v) is 5.21. The number of nitrogens with zero attached hydrogens (tertiary/aromatic N) is 1. The second-order valence-electron chi connectivity index (χ2n) is 7.47. The molecule has 1 amide bonds. The van der Waals surface area contributed by atoms with Gasteiger partial charge in [0, 0.05) is 5.56 Å². The minimum absolute atomic E-state index is 0.00749. The van der Waals surface area contributed by atoms with Crippen LogP contribution >= 0.6 is 0 Å². The normalized spacial score (nSPS) is 13.1. The Morgan fingerprint density at radius 1 is 1.21 bits per heavy atom. The molecule has 7 nitrogen and oxygen atoms in total. The number of carbonyl (C=O) groups excluding carboxylic acids is 1. The molecule has 3 aromatic rings. The van der Waals surface area contributed by atoms with Crippen LogP contribution in [0.3, 0.4) is 0 Å². The van der Waals surface area contributed by atoms with Crippen molar-refractivity contribution in [3.8, 4) is 28.7 Å². The molecule has 1 aliphatic rings. The summed E-state index contributed by atoms with van der Waals surface area (Å²) in [5.74, 6) is 0.674. The summed E-state index contributed by atoms with van der Waals surface area (Å²) >= 11 is 0. The molecule has 1 aliphatic carbocycles. The van der Waals surface area contributed by atoms with Crippen molar-refractivity contribution in [3.05, 3.63) is 59.5 Å². The lowest BCUT2D eigenvalue weighted by Gasteiger charge is -2.16. The molecule has 33 heavy (non-hydrogen) atoms. The van der Waals surface area contributed by atoms with Crippen molar-refractivity contribution in [2.24, 2.45) is 0 Å². The van der Waals surface area contributed by atoms with E-state index in [1.54, 1.807) is 36.4 Å². The number of benzene rings is 2. The number of ether oxygens (including phenoxy) is 3. The van der Waals surface area contributed by atoms with Crippen LogP contribution in [0.4, 0.5) is 8.78 Å². The van der Waals surface area contributed by atoms with Gasteiger partial charge in [0.1, 0.15) is 12.0 Å². The van der Waals surface area contributed by atoms with Crippen LogP contribution in [-0.2, 0) is 6.54 Å². The lowest BCUT2D eigenvalue weighted by Crippen LogP contribution is -2.23. The first-order valence-corrected chi connectivity index (χ1v) is 10.6. The maximum Gasteiger partial charge on any atom is 0.387 e. The van der Waals surface area contributed by atoms with Crippen molar-refractivity contribution >= 4 is 5.91 Å². The zero-order valence-electron chi connectivity index (χ0n) is 18.3. The Morgan fingerprint density at radius 3 is 2.70 bits per heavy atom. The van der Waals surface area contributed by atoms with Crippen molar-refractivity contribution in [1.82, 2.24) is 10.3 Å². The SMILES string of the molecule is CCOc1ccccc1C(=O)NCc1coc(-c2ccc(C3CC3)c(OC(F)F)c2OC)n1. The van der Waals surface area contributed by atoms with Gasteiger partial charge in [-0.2, -0.15) is 8.78 Å². The summed E-state index contributed by atoms with van der Waals surface area (Å²) in [6.07, 6.45) is 3.22. The number of halogens is 2. The van der Waals surface area contributed by atoms with E-state index in [2.05, 4.69) is 10.3 Å². The van der Waals surface area contributed by atoms with Gasteiger partial charge in [0.2, 0.25) is 5.89 Å². The Hall–Kier alpha value is -3.62. The molecular formula is C24H24F2N2O5. The quantitative estimate of drug-likeness (QED) is 0.452. The number of hydrogen-bond donors (Lipinski definition) is 1. The molecule has 174 valence electrons. The van der Waals surface area contributed by atoms with Crippen molar-refractivity contribution in [2.75, 3.05) is 13.7 Å². The summed E-state index contributed by atoms with van der Waals surface area (Å²) in [4.78, 5) is 17.0. The van der Waals surface area contributed by atoms with Gasteiger partial charge in [-0.15, -0.1) is 0 Å². The van der Waals surface area contributed by atoms with Gasteiger partial charge in [-0.3, -0.25) is 4.79 Å². The molecule has 0 radical (unpaired) electrons. The highest BCUT2D eigenvalue weighted by molar-refractivity contribution is 5.96. The standard InChI is InChI=1S/C24H24F2N2O5/c1-3-31-19-7-5-4-6-17(19)22(29)27-12-15-13-32-23(28-15)18-11-10-16(14-8-9-14)21(20(18)30-2)33-24(25)26/h4-7,10-11,13-14,24H,3,8-9,12H2,1-2H3,(H,27,29). The maximum absolute atomic E-state index is 13.1. The molecule has 1 fully saturated rings. The fourth-order valence-corrected chi connectivity index (χ4v) is 3.59. The van der Waals surface area contributed by atoms with Crippen LogP contribution < -0.4 is 19.5 Å². The predicted molar refractivity (Wildman–Crippen MR) is 116 cm³/mol. The monoisotopic (exact) mass is 458 g/mol. The van der Waals surface area contributed by atoms with Crippen LogP contribution in [0, 0.1) is 0 Å². The second kappa shape index (κ2) is 9.89. The van der Waals surface area contributed by atoms with Crippen molar-refractivity contribution < 1.29 is 32.2 Å². The number of oxazole rings is 1. The summed E-state index contributed by atoms with van der Waals surface area (Å²) in [5, 5.41) is 2.78. The lowest BCUT2D eigenvalue weighted by molar-refractivity contribution is -0.0517. The van der Waals surface area contributed by atoms with E-state index in [1.165, 1.54) is 13.4 Å². The van der Waals surface area contributed by atoms with E-state index in [4.69, 9.17) is 18.6 Å². The van der Waals surface area contributed by atoms with Gasteiger partial charge < -0.3 is 23.9 Å². The summed E-state index contributed by atoms with van der Waals surface area (Å²) in [6, 6.07) is 10.4. The molecule has 0 bridgehead atoms. The Bertz CT molecular complexity index is 1130. The van der Waals surface area contributed by atoms with Crippen LogP contribution in [0.2, 0.25) is 0 Å². The van der Waals surface area contributed by atoms with Gasteiger partial charge in [-0.1, -0.05) is 18.2 Å². The zero-order valence-corrected chi connectivity index (χ0v) is 18.3. The second-order valence-corrected chi connectivity index (χ2v) is 7.47. The van der Waals surface area contributed by atoms with Crippen LogP contribution in [0.25, 0.3) is 11.5 Å². The van der Waals surface area contributed by atoms with Crippen LogP contribution in [0.5, 0.6) is 17.2 Å². The molecular weight excluding hydrogens is 434 g/mol. The number of amides is 1. The predicted octanol–water partition coefficient (Wildman–Crippen LogP) is 5.16. The van der Waals surface area contributed by atoms with Crippen LogP contribution in [-0.4, -0.2) is 31.2 Å². The van der Waals surface area contributed by atoms with Crippen LogP contribution in [0.15, 0.2) is 47.1 Å². The van der Waals surface area contributed by atoms with E-state index in [1.807, 2.05) is 6.92 Å². The minimum Gasteiger partial charge on any atom is -0.493 e. The number of methoxy groups -OCH3 is 1.